The standard InChI is InChI=1S/C31H38N8O4.C26H30N8O2/c1-30(2,3)27-36-26(37-43-27)25(40)15-21-17-39(29(41)42-31(4,5)6)13-11-19-14-20(8-9-23(19)21)24-10-12-32-28(35-24)34-22-16-33-38(7)18-22;1-26(2,3)24-32-23(33-36-24)22(35)12-18-13-27-9-7-16-11-17(5-6-20(16)18)21-8-10-28-25(31-21)30-19-14-29-34(4)15-19/h8-10,12,14,16,18,21H,11,13,15,17H2,1-7H3,(H,32,34,35);5-6,8,10-11,14-15,18,27H,7,9,12-13H2,1-4H3,(H,28,30,31). The minimum absolute atomic E-state index is 0.0221. The van der Waals surface area contributed by atoms with Gasteiger partial charge >= 0.3 is 6.09 Å². The second-order valence-corrected chi connectivity index (χ2v) is 23.0. The fourth-order valence-corrected chi connectivity index (χ4v) is 9.23. The van der Waals surface area contributed by atoms with Crippen LogP contribution in [0.1, 0.15) is 142 Å². The molecule has 0 spiro atoms. The number of carbonyl (C=O) groups excluding carboxylic acids is 3. The van der Waals surface area contributed by atoms with Crippen molar-refractivity contribution < 1.29 is 28.2 Å². The van der Waals surface area contributed by atoms with Gasteiger partial charge in [0.25, 0.3) is 0 Å². The third kappa shape index (κ3) is 14.0. The second kappa shape index (κ2) is 22.8. The lowest BCUT2D eigenvalue weighted by Crippen LogP contribution is -2.39. The summed E-state index contributed by atoms with van der Waals surface area (Å²) in [5.74, 6) is 1.40. The molecule has 22 heteroatoms. The van der Waals surface area contributed by atoms with Gasteiger partial charge in [0.05, 0.1) is 35.2 Å². The van der Waals surface area contributed by atoms with Gasteiger partial charge in [-0.3, -0.25) is 19.0 Å². The topological polar surface area (TPSA) is 265 Å². The average Bonchev–Trinajstić information content (AvgIpc) is 4.36. The van der Waals surface area contributed by atoms with Crippen LogP contribution in [0.5, 0.6) is 0 Å². The summed E-state index contributed by atoms with van der Waals surface area (Å²) in [4.78, 5) is 68.1. The van der Waals surface area contributed by atoms with E-state index < -0.39 is 11.7 Å². The molecular weight excluding hydrogens is 1000 g/mol. The van der Waals surface area contributed by atoms with Gasteiger partial charge in [0.2, 0.25) is 46.9 Å². The van der Waals surface area contributed by atoms with Crippen molar-refractivity contribution in [1.29, 1.82) is 0 Å². The number of anilines is 4. The Kier molecular flexibility index (Phi) is 16.0. The molecule has 412 valence electrons. The number of hydrogen-bond donors (Lipinski definition) is 3. The molecule has 0 saturated heterocycles. The summed E-state index contributed by atoms with van der Waals surface area (Å²) in [6.45, 7) is 19.6. The fourth-order valence-electron chi connectivity index (χ4n) is 9.23. The molecular formula is C57H68N16O6. The lowest BCUT2D eigenvalue weighted by molar-refractivity contribution is 0.0243. The molecule has 2 aliphatic heterocycles. The first-order valence-electron chi connectivity index (χ1n) is 26.4. The molecule has 0 saturated carbocycles. The van der Waals surface area contributed by atoms with Gasteiger partial charge in [-0.25, -0.2) is 24.7 Å². The van der Waals surface area contributed by atoms with E-state index in [1.54, 1.807) is 39.1 Å². The summed E-state index contributed by atoms with van der Waals surface area (Å²) in [6.07, 6.45) is 12.1. The first-order chi connectivity index (χ1) is 37.5. The summed E-state index contributed by atoms with van der Waals surface area (Å²) in [5, 5.41) is 26.1. The molecule has 2 unspecified atom stereocenters. The predicted molar refractivity (Wildman–Crippen MR) is 295 cm³/mol. The number of carbonyl (C=O) groups is 3. The lowest BCUT2D eigenvalue weighted by Gasteiger charge is -2.28. The van der Waals surface area contributed by atoms with Crippen LogP contribution >= 0.6 is 0 Å². The summed E-state index contributed by atoms with van der Waals surface area (Å²) >= 11 is 0. The SMILES string of the molecule is Cn1cc(Nc2nccc(-c3ccc4c(c3)CCN(C(=O)OC(C)(C)C)CC4CC(=O)c3noc(C(C)(C)C)n3)n2)cn1.Cn1cc(Nc2nccc(-c3ccc4c(c3)CCNCC4CC(=O)c3noc(C(C)(C)C)n3)n2)cn1. The number of nitrogens with one attached hydrogen (secondary N) is 3. The number of hydrogen-bond acceptors (Lipinski definition) is 19. The minimum Gasteiger partial charge on any atom is -0.444 e. The zero-order valence-electron chi connectivity index (χ0n) is 46.7. The van der Waals surface area contributed by atoms with E-state index in [2.05, 4.69) is 80.7 Å². The van der Waals surface area contributed by atoms with Crippen molar-refractivity contribution in [3.63, 3.8) is 0 Å². The van der Waals surface area contributed by atoms with Gasteiger partial charge in [-0.15, -0.1) is 0 Å². The molecule has 1 amide bonds. The molecule has 2 aliphatic rings. The van der Waals surface area contributed by atoms with Gasteiger partial charge in [0.1, 0.15) is 5.60 Å². The number of benzene rings is 2. The Morgan fingerprint density at radius 2 is 1.15 bits per heavy atom. The molecule has 0 fully saturated rings. The van der Waals surface area contributed by atoms with Gasteiger partial charge in [-0.1, -0.05) is 76.1 Å². The number of rotatable bonds is 12. The van der Waals surface area contributed by atoms with Crippen LogP contribution in [-0.4, -0.2) is 114 Å². The van der Waals surface area contributed by atoms with Crippen molar-refractivity contribution in [2.45, 2.75) is 116 Å². The number of aromatic nitrogens is 12. The molecule has 2 aromatic carbocycles. The summed E-state index contributed by atoms with van der Waals surface area (Å²) in [6, 6.07) is 16.2. The van der Waals surface area contributed by atoms with Crippen LogP contribution in [0, 0.1) is 0 Å². The second-order valence-electron chi connectivity index (χ2n) is 23.0. The van der Waals surface area contributed by atoms with Crippen LogP contribution in [0.2, 0.25) is 0 Å². The molecule has 6 aromatic heterocycles. The minimum atomic E-state index is -0.642. The molecule has 8 aromatic rings. The number of nitrogens with zero attached hydrogens (tertiary/aromatic N) is 13. The average molecular weight is 1070 g/mol. The molecule has 0 radical (unpaired) electrons. The third-order valence-electron chi connectivity index (χ3n) is 13.2. The molecule has 3 N–H and O–H groups in total. The van der Waals surface area contributed by atoms with E-state index >= 15 is 0 Å². The molecule has 10 rings (SSSR count). The Morgan fingerprint density at radius 1 is 0.658 bits per heavy atom. The van der Waals surface area contributed by atoms with Crippen LogP contribution in [-0.2, 0) is 42.5 Å². The normalized spacial score (nSPS) is 15.7. The van der Waals surface area contributed by atoms with Crippen molar-refractivity contribution in [2.75, 3.05) is 36.8 Å². The van der Waals surface area contributed by atoms with E-state index in [0.29, 0.717) is 49.6 Å². The summed E-state index contributed by atoms with van der Waals surface area (Å²) in [5.41, 5.74) is 8.16. The van der Waals surface area contributed by atoms with Crippen molar-refractivity contribution in [3.8, 4) is 22.5 Å². The number of amides is 1. The van der Waals surface area contributed by atoms with E-state index in [-0.39, 0.29) is 52.3 Å². The van der Waals surface area contributed by atoms with Crippen LogP contribution < -0.4 is 16.0 Å². The highest BCUT2D eigenvalue weighted by Crippen LogP contribution is 2.35. The number of fused-ring (bicyclic) bond motifs is 2. The van der Waals surface area contributed by atoms with Crippen LogP contribution in [0.15, 0.2) is 94.8 Å². The maximum Gasteiger partial charge on any atom is 0.410 e. The Morgan fingerprint density at radius 3 is 1.62 bits per heavy atom. The van der Waals surface area contributed by atoms with Crippen molar-refractivity contribution in [2.24, 2.45) is 14.1 Å². The largest absolute Gasteiger partial charge is 0.444 e. The van der Waals surface area contributed by atoms with Gasteiger partial charge < -0.3 is 34.6 Å². The maximum atomic E-state index is 13.4. The molecule has 79 heavy (non-hydrogen) atoms. The summed E-state index contributed by atoms with van der Waals surface area (Å²) < 4.78 is 19.8. The van der Waals surface area contributed by atoms with Crippen molar-refractivity contribution >= 4 is 40.9 Å². The molecule has 22 nitrogen and oxygen atoms in total. The smallest absolute Gasteiger partial charge is 0.410 e. The number of ether oxygens (including phenoxy) is 1. The highest BCUT2D eigenvalue weighted by molar-refractivity contribution is 5.93. The van der Waals surface area contributed by atoms with Crippen LogP contribution in [0.3, 0.4) is 0 Å². The summed E-state index contributed by atoms with van der Waals surface area (Å²) in [7, 11) is 3.70. The first kappa shape index (κ1) is 55.2. The van der Waals surface area contributed by atoms with Gasteiger partial charge in [0, 0.05) is 105 Å². The maximum absolute atomic E-state index is 13.4. The number of Topliss-reactive ketones (excluding diaryl/α,β-unsaturated/α-hetero) is 2. The quantitative estimate of drug-likeness (QED) is 0.0962. The van der Waals surface area contributed by atoms with Crippen molar-refractivity contribution in [1.82, 2.24) is 70.0 Å². The zero-order valence-corrected chi connectivity index (χ0v) is 46.7. The molecule has 0 aliphatic carbocycles. The van der Waals surface area contributed by atoms with Gasteiger partial charge in [-0.05, 0) is 86.7 Å². The Bertz CT molecular complexity index is 3470. The highest BCUT2D eigenvalue weighted by atomic mass is 16.6. The van der Waals surface area contributed by atoms with E-state index in [4.69, 9.17) is 23.8 Å². The van der Waals surface area contributed by atoms with E-state index in [0.717, 1.165) is 64.5 Å². The Labute approximate surface area is 458 Å². The van der Waals surface area contributed by atoms with Crippen molar-refractivity contribution in [3.05, 3.63) is 131 Å². The molecule has 0 bridgehead atoms. The number of aryl methyl sites for hydroxylation is 2. The van der Waals surface area contributed by atoms with Crippen LogP contribution in [0.4, 0.5) is 28.1 Å². The highest BCUT2D eigenvalue weighted by Gasteiger charge is 2.33. The van der Waals surface area contributed by atoms with E-state index in [9.17, 15) is 14.4 Å². The first-order valence-corrected chi connectivity index (χ1v) is 26.4. The Hall–Kier alpha value is -8.53. The lowest BCUT2D eigenvalue weighted by atomic mass is 9.88. The monoisotopic (exact) mass is 1070 g/mol. The molecule has 8 heterocycles. The molecule has 2 atom stereocenters. The van der Waals surface area contributed by atoms with Crippen LogP contribution in [0.25, 0.3) is 22.5 Å². The Balaban J connectivity index is 0.000000195. The number of ketones is 2. The van der Waals surface area contributed by atoms with Gasteiger partial charge in [0.15, 0.2) is 0 Å². The third-order valence-corrected chi connectivity index (χ3v) is 13.2. The zero-order chi connectivity index (χ0) is 56.2. The predicted octanol–water partition coefficient (Wildman–Crippen LogP) is 9.25. The van der Waals surface area contributed by atoms with Gasteiger partial charge in [-0.2, -0.15) is 20.2 Å². The van der Waals surface area contributed by atoms with E-state index in [1.807, 2.05) is 113 Å². The fraction of sp³-hybridized carbons (Fsp3) is 0.421. The van der Waals surface area contributed by atoms with E-state index in [1.165, 1.54) is 11.1 Å².